The van der Waals surface area contributed by atoms with E-state index in [9.17, 15) is 14.0 Å². The molecule has 0 aliphatic carbocycles. The first-order valence-corrected chi connectivity index (χ1v) is 13.0. The zero-order chi connectivity index (χ0) is 27.1. The van der Waals surface area contributed by atoms with Crippen molar-refractivity contribution in [1.29, 1.82) is 0 Å². The second-order valence-electron chi connectivity index (χ2n) is 9.84. The van der Waals surface area contributed by atoms with Crippen LogP contribution in [0.3, 0.4) is 0 Å². The topological polar surface area (TPSA) is 55.8 Å². The van der Waals surface area contributed by atoms with Crippen LogP contribution in [0.2, 0.25) is 0 Å². The number of esters is 1. The van der Waals surface area contributed by atoms with E-state index in [1.807, 2.05) is 23.1 Å². The highest BCUT2D eigenvalue weighted by atomic mass is 19.1. The lowest BCUT2D eigenvalue weighted by Gasteiger charge is -2.32. The average Bonchev–Trinajstić information content (AvgIpc) is 2.90. The number of unbranched alkanes of at least 4 members (excludes halogenated alkanes) is 3. The molecule has 0 aromatic heterocycles. The molecule has 0 bridgehead atoms. The van der Waals surface area contributed by atoms with Crippen LogP contribution in [-0.2, 0) is 11.3 Å². The molecule has 38 heavy (non-hydrogen) atoms. The fourth-order valence-corrected chi connectivity index (χ4v) is 4.25. The molecule has 6 heteroatoms. The normalized spacial score (nSPS) is 13.4. The van der Waals surface area contributed by atoms with Gasteiger partial charge in [-0.2, -0.15) is 0 Å². The standard InChI is InChI=1S/C32H32FNO4/c1-4-5-6-7-20-34(22-25-14-19-29-28(21-25)31(36)38-32(2,3)37-29)30(35)26-15-10-23(11-16-26)8-9-24-12-17-27(33)18-13-24/h10-19,21H,4-7,20,22H2,1-3H3. The summed E-state index contributed by atoms with van der Waals surface area (Å²) in [5.74, 6) is 4.70. The van der Waals surface area contributed by atoms with Gasteiger partial charge in [0.1, 0.15) is 17.1 Å². The third kappa shape index (κ3) is 7.01. The van der Waals surface area contributed by atoms with Crippen LogP contribution in [-0.4, -0.2) is 29.1 Å². The van der Waals surface area contributed by atoms with Gasteiger partial charge in [-0.05, 0) is 72.6 Å². The van der Waals surface area contributed by atoms with Crippen molar-refractivity contribution in [2.45, 2.75) is 58.8 Å². The zero-order valence-electron chi connectivity index (χ0n) is 22.1. The van der Waals surface area contributed by atoms with E-state index in [4.69, 9.17) is 9.47 Å². The number of carbonyl (C=O) groups is 2. The number of carbonyl (C=O) groups excluding carboxylic acids is 2. The highest BCUT2D eigenvalue weighted by molar-refractivity contribution is 5.95. The van der Waals surface area contributed by atoms with Crippen molar-refractivity contribution in [3.05, 3.63) is 100 Å². The average molecular weight is 514 g/mol. The van der Waals surface area contributed by atoms with Crippen LogP contribution in [0, 0.1) is 17.7 Å². The summed E-state index contributed by atoms with van der Waals surface area (Å²) in [6.45, 7) is 6.51. The number of fused-ring (bicyclic) bond motifs is 1. The van der Waals surface area contributed by atoms with E-state index in [2.05, 4.69) is 18.8 Å². The largest absolute Gasteiger partial charge is 0.452 e. The maximum atomic E-state index is 13.5. The van der Waals surface area contributed by atoms with Gasteiger partial charge in [-0.25, -0.2) is 9.18 Å². The summed E-state index contributed by atoms with van der Waals surface area (Å²) in [7, 11) is 0. The Kier molecular flexibility index (Phi) is 8.48. The van der Waals surface area contributed by atoms with E-state index < -0.39 is 11.8 Å². The molecule has 0 saturated heterocycles. The van der Waals surface area contributed by atoms with Crippen molar-refractivity contribution < 1.29 is 23.5 Å². The van der Waals surface area contributed by atoms with Gasteiger partial charge in [0, 0.05) is 43.6 Å². The molecule has 3 aromatic rings. The van der Waals surface area contributed by atoms with Crippen molar-refractivity contribution in [2.75, 3.05) is 6.54 Å². The predicted octanol–water partition coefficient (Wildman–Crippen LogP) is 6.73. The number of amides is 1. The number of benzene rings is 3. The number of hydrogen-bond donors (Lipinski definition) is 0. The molecule has 0 N–H and O–H groups in total. The molecule has 1 aliphatic heterocycles. The molecule has 5 nitrogen and oxygen atoms in total. The second-order valence-corrected chi connectivity index (χ2v) is 9.84. The summed E-state index contributed by atoms with van der Waals surface area (Å²) in [6.07, 6.45) is 4.15. The minimum absolute atomic E-state index is 0.0859. The minimum atomic E-state index is -1.01. The summed E-state index contributed by atoms with van der Waals surface area (Å²) in [4.78, 5) is 27.8. The number of nitrogens with zero attached hydrogens (tertiary/aromatic N) is 1. The van der Waals surface area contributed by atoms with Gasteiger partial charge in [-0.15, -0.1) is 0 Å². The van der Waals surface area contributed by atoms with E-state index in [1.165, 1.54) is 12.1 Å². The predicted molar refractivity (Wildman–Crippen MR) is 144 cm³/mol. The summed E-state index contributed by atoms with van der Waals surface area (Å²) < 4.78 is 24.2. The van der Waals surface area contributed by atoms with Crippen molar-refractivity contribution in [3.63, 3.8) is 0 Å². The fraction of sp³-hybridized carbons (Fsp3) is 0.312. The number of cyclic esters (lactones) is 1. The lowest BCUT2D eigenvalue weighted by Crippen LogP contribution is -2.39. The van der Waals surface area contributed by atoms with Crippen LogP contribution < -0.4 is 4.74 Å². The molecule has 0 spiro atoms. The van der Waals surface area contributed by atoms with E-state index in [1.54, 1.807) is 50.2 Å². The van der Waals surface area contributed by atoms with Gasteiger partial charge >= 0.3 is 5.97 Å². The van der Waals surface area contributed by atoms with Crippen LogP contribution in [0.4, 0.5) is 4.39 Å². The van der Waals surface area contributed by atoms with E-state index in [0.717, 1.165) is 36.8 Å². The van der Waals surface area contributed by atoms with Crippen molar-refractivity contribution in [2.24, 2.45) is 0 Å². The Balaban J connectivity index is 1.50. The zero-order valence-corrected chi connectivity index (χ0v) is 22.1. The van der Waals surface area contributed by atoms with Crippen LogP contribution >= 0.6 is 0 Å². The van der Waals surface area contributed by atoms with Gasteiger partial charge in [-0.1, -0.05) is 44.1 Å². The number of halogens is 1. The molecule has 3 aromatic carbocycles. The van der Waals surface area contributed by atoms with Gasteiger partial charge in [0.25, 0.3) is 5.91 Å². The molecule has 1 aliphatic rings. The first kappa shape index (κ1) is 26.9. The van der Waals surface area contributed by atoms with Gasteiger partial charge in [-0.3, -0.25) is 4.79 Å². The Morgan fingerprint density at radius 2 is 1.55 bits per heavy atom. The third-order valence-corrected chi connectivity index (χ3v) is 6.23. The summed E-state index contributed by atoms with van der Waals surface area (Å²) in [5.41, 5.74) is 3.23. The van der Waals surface area contributed by atoms with E-state index in [-0.39, 0.29) is 11.7 Å². The second kappa shape index (κ2) is 12.0. The summed E-state index contributed by atoms with van der Waals surface area (Å²) in [6, 6.07) is 18.6. The lowest BCUT2D eigenvalue weighted by atomic mass is 10.1. The van der Waals surface area contributed by atoms with Crippen molar-refractivity contribution in [3.8, 4) is 17.6 Å². The molecule has 0 saturated carbocycles. The molecule has 0 radical (unpaired) electrons. The van der Waals surface area contributed by atoms with Crippen LogP contribution in [0.1, 0.15) is 83.9 Å². The molecule has 1 heterocycles. The van der Waals surface area contributed by atoms with Crippen molar-refractivity contribution in [1.82, 2.24) is 4.90 Å². The molecule has 196 valence electrons. The molecule has 0 unspecified atom stereocenters. The molecule has 1 amide bonds. The Hall–Kier alpha value is -4.11. The minimum Gasteiger partial charge on any atom is -0.452 e. The molecule has 0 atom stereocenters. The maximum absolute atomic E-state index is 13.5. The molecule has 0 fully saturated rings. The third-order valence-electron chi connectivity index (χ3n) is 6.23. The lowest BCUT2D eigenvalue weighted by molar-refractivity contribution is -0.127. The van der Waals surface area contributed by atoms with Crippen LogP contribution in [0.25, 0.3) is 0 Å². The van der Waals surface area contributed by atoms with Crippen LogP contribution in [0.5, 0.6) is 5.75 Å². The molecular weight excluding hydrogens is 481 g/mol. The Labute approximate surface area is 223 Å². The van der Waals surface area contributed by atoms with Crippen LogP contribution in [0.15, 0.2) is 66.7 Å². The highest BCUT2D eigenvalue weighted by Crippen LogP contribution is 2.32. The summed E-state index contributed by atoms with van der Waals surface area (Å²) >= 11 is 0. The number of rotatable bonds is 8. The van der Waals surface area contributed by atoms with Gasteiger partial charge in [0.15, 0.2) is 0 Å². The van der Waals surface area contributed by atoms with E-state index in [0.29, 0.717) is 35.5 Å². The quantitative estimate of drug-likeness (QED) is 0.190. The molecular formula is C32H32FNO4. The monoisotopic (exact) mass is 513 g/mol. The van der Waals surface area contributed by atoms with Gasteiger partial charge in [0.05, 0.1) is 0 Å². The Morgan fingerprint density at radius 3 is 2.21 bits per heavy atom. The summed E-state index contributed by atoms with van der Waals surface area (Å²) in [5, 5.41) is 0. The Morgan fingerprint density at radius 1 is 0.895 bits per heavy atom. The van der Waals surface area contributed by atoms with Crippen molar-refractivity contribution >= 4 is 11.9 Å². The smallest absolute Gasteiger partial charge is 0.345 e. The fourth-order valence-electron chi connectivity index (χ4n) is 4.25. The molecule has 4 rings (SSSR count). The number of hydrogen-bond acceptors (Lipinski definition) is 4. The first-order valence-electron chi connectivity index (χ1n) is 13.0. The number of ether oxygens (including phenoxy) is 2. The Bertz CT molecular complexity index is 1350. The maximum Gasteiger partial charge on any atom is 0.345 e. The first-order chi connectivity index (χ1) is 18.2. The van der Waals surface area contributed by atoms with Gasteiger partial charge < -0.3 is 14.4 Å². The SMILES string of the molecule is CCCCCCN(Cc1ccc2c(c1)C(=O)OC(C)(C)O2)C(=O)c1ccc(C#Cc2ccc(F)cc2)cc1. The van der Waals surface area contributed by atoms with Gasteiger partial charge in [0.2, 0.25) is 5.79 Å². The highest BCUT2D eigenvalue weighted by Gasteiger charge is 2.34. The van der Waals surface area contributed by atoms with E-state index >= 15 is 0 Å².